The van der Waals surface area contributed by atoms with Crippen molar-refractivity contribution in [1.29, 1.82) is 0 Å². The Morgan fingerprint density at radius 2 is 2.00 bits per heavy atom. The molecule has 0 radical (unpaired) electrons. The molecule has 0 unspecified atom stereocenters. The fourth-order valence-corrected chi connectivity index (χ4v) is 1.72. The van der Waals surface area contributed by atoms with Gasteiger partial charge in [0.05, 0.1) is 17.5 Å². The van der Waals surface area contributed by atoms with E-state index in [4.69, 9.17) is 9.84 Å². The molecular formula is C14H17FN2O6. The third-order valence-corrected chi connectivity index (χ3v) is 2.58. The molecule has 1 amide bonds. The minimum absolute atomic E-state index is 0.00325. The first-order valence-electron chi connectivity index (χ1n) is 6.62. The molecule has 0 saturated heterocycles. The molecule has 1 aromatic rings. The van der Waals surface area contributed by atoms with Crippen LogP contribution in [0.5, 0.6) is 0 Å². The van der Waals surface area contributed by atoms with Gasteiger partial charge in [-0.2, -0.15) is 0 Å². The van der Waals surface area contributed by atoms with E-state index in [0.717, 1.165) is 17.0 Å². The van der Waals surface area contributed by atoms with Crippen molar-refractivity contribution in [3.05, 3.63) is 39.7 Å². The standard InChI is InChI=1S/C14H17FN2O6/c1-14(2,3)23-13(20)16(8-12(18)19)7-9-4-5-10(15)6-11(9)17(21)22/h4-6H,7-8H2,1-3H3,(H,18,19). The van der Waals surface area contributed by atoms with Crippen LogP contribution in [0.25, 0.3) is 0 Å². The van der Waals surface area contributed by atoms with E-state index in [9.17, 15) is 24.1 Å². The fourth-order valence-electron chi connectivity index (χ4n) is 1.72. The number of carboxylic acids is 1. The highest BCUT2D eigenvalue weighted by molar-refractivity contribution is 5.77. The zero-order chi connectivity index (χ0) is 17.8. The number of ether oxygens (including phenoxy) is 1. The average molecular weight is 328 g/mol. The van der Waals surface area contributed by atoms with Crippen molar-refractivity contribution in [3.8, 4) is 0 Å². The molecule has 0 spiro atoms. The number of aliphatic carboxylic acids is 1. The van der Waals surface area contributed by atoms with Crippen LogP contribution in [0.3, 0.4) is 0 Å². The van der Waals surface area contributed by atoms with Gasteiger partial charge in [0.2, 0.25) is 0 Å². The van der Waals surface area contributed by atoms with E-state index in [-0.39, 0.29) is 5.56 Å². The van der Waals surface area contributed by atoms with Crippen molar-refractivity contribution < 1.29 is 28.7 Å². The number of nitrogens with zero attached hydrogens (tertiary/aromatic N) is 2. The van der Waals surface area contributed by atoms with Gasteiger partial charge in [0, 0.05) is 5.56 Å². The van der Waals surface area contributed by atoms with Gasteiger partial charge in [0.25, 0.3) is 5.69 Å². The summed E-state index contributed by atoms with van der Waals surface area (Å²) in [5, 5.41) is 19.9. The molecule has 0 atom stereocenters. The van der Waals surface area contributed by atoms with E-state index in [1.165, 1.54) is 0 Å². The molecule has 8 nitrogen and oxygen atoms in total. The number of carbonyl (C=O) groups excluding carboxylic acids is 1. The summed E-state index contributed by atoms with van der Waals surface area (Å²) in [6.45, 7) is 3.71. The normalized spacial score (nSPS) is 11.0. The Balaban J connectivity index is 3.09. The first-order chi connectivity index (χ1) is 10.5. The van der Waals surface area contributed by atoms with E-state index >= 15 is 0 Å². The summed E-state index contributed by atoms with van der Waals surface area (Å²) in [6.07, 6.45) is -0.932. The van der Waals surface area contributed by atoms with Crippen molar-refractivity contribution in [1.82, 2.24) is 4.90 Å². The molecule has 0 aromatic heterocycles. The first kappa shape index (κ1) is 18.3. The van der Waals surface area contributed by atoms with Crippen molar-refractivity contribution in [2.24, 2.45) is 0 Å². The van der Waals surface area contributed by atoms with E-state index in [0.29, 0.717) is 6.07 Å². The van der Waals surface area contributed by atoms with E-state index in [2.05, 4.69) is 0 Å². The van der Waals surface area contributed by atoms with Crippen LogP contribution in [0, 0.1) is 15.9 Å². The van der Waals surface area contributed by atoms with Gasteiger partial charge in [0.1, 0.15) is 18.0 Å². The highest BCUT2D eigenvalue weighted by atomic mass is 19.1. The lowest BCUT2D eigenvalue weighted by Gasteiger charge is -2.26. The number of hydrogen-bond donors (Lipinski definition) is 1. The van der Waals surface area contributed by atoms with E-state index < -0.39 is 47.2 Å². The fraction of sp³-hybridized carbons (Fsp3) is 0.429. The quantitative estimate of drug-likeness (QED) is 0.657. The Hall–Kier alpha value is -2.71. The number of hydrogen-bond acceptors (Lipinski definition) is 5. The third kappa shape index (κ3) is 5.89. The maximum Gasteiger partial charge on any atom is 0.411 e. The molecule has 0 saturated carbocycles. The molecular weight excluding hydrogens is 311 g/mol. The van der Waals surface area contributed by atoms with Crippen molar-refractivity contribution >= 4 is 17.7 Å². The Kier molecular flexibility index (Phi) is 5.61. The second-order valence-corrected chi connectivity index (χ2v) is 5.76. The van der Waals surface area contributed by atoms with Gasteiger partial charge in [-0.3, -0.25) is 19.8 Å². The molecule has 0 aliphatic heterocycles. The number of benzene rings is 1. The van der Waals surface area contributed by atoms with Crippen LogP contribution < -0.4 is 0 Å². The topological polar surface area (TPSA) is 110 Å². The Morgan fingerprint density at radius 1 is 1.39 bits per heavy atom. The molecule has 1 N–H and O–H groups in total. The maximum absolute atomic E-state index is 13.1. The SMILES string of the molecule is CC(C)(C)OC(=O)N(CC(=O)O)Cc1ccc(F)cc1[N+](=O)[O-]. The van der Waals surface area contributed by atoms with Crippen LogP contribution in [-0.2, 0) is 16.1 Å². The van der Waals surface area contributed by atoms with Gasteiger partial charge in [-0.1, -0.05) is 0 Å². The summed E-state index contributed by atoms with van der Waals surface area (Å²) in [5.74, 6) is -2.11. The zero-order valence-corrected chi connectivity index (χ0v) is 12.9. The molecule has 126 valence electrons. The van der Waals surface area contributed by atoms with Crippen LogP contribution >= 0.6 is 0 Å². The van der Waals surface area contributed by atoms with Crippen molar-refractivity contribution in [3.63, 3.8) is 0 Å². The molecule has 0 aliphatic rings. The molecule has 1 aromatic carbocycles. The molecule has 0 heterocycles. The number of amides is 1. The van der Waals surface area contributed by atoms with Crippen LogP contribution in [0.1, 0.15) is 26.3 Å². The van der Waals surface area contributed by atoms with Crippen LogP contribution in [-0.4, -0.2) is 39.1 Å². The third-order valence-electron chi connectivity index (χ3n) is 2.58. The predicted molar refractivity (Wildman–Crippen MR) is 77.3 cm³/mol. The summed E-state index contributed by atoms with van der Waals surface area (Å²) in [5.41, 5.74) is -1.39. The summed E-state index contributed by atoms with van der Waals surface area (Å²) in [4.78, 5) is 33.9. The summed E-state index contributed by atoms with van der Waals surface area (Å²) in [7, 11) is 0. The minimum atomic E-state index is -1.30. The highest BCUT2D eigenvalue weighted by Gasteiger charge is 2.26. The smallest absolute Gasteiger partial charge is 0.411 e. The van der Waals surface area contributed by atoms with Gasteiger partial charge < -0.3 is 9.84 Å². The Bertz CT molecular complexity index is 626. The summed E-state index contributed by atoms with van der Waals surface area (Å²) in [6, 6.07) is 2.84. The predicted octanol–water partition coefficient (Wildman–Crippen LogP) is 2.56. The number of rotatable bonds is 5. The minimum Gasteiger partial charge on any atom is -0.480 e. The Morgan fingerprint density at radius 3 is 2.48 bits per heavy atom. The largest absolute Gasteiger partial charge is 0.480 e. The van der Waals surface area contributed by atoms with E-state index in [1.807, 2.05) is 0 Å². The molecule has 0 bridgehead atoms. The lowest BCUT2D eigenvalue weighted by molar-refractivity contribution is -0.385. The molecule has 23 heavy (non-hydrogen) atoms. The number of nitro groups is 1. The van der Waals surface area contributed by atoms with Crippen LogP contribution in [0.15, 0.2) is 18.2 Å². The monoisotopic (exact) mass is 328 g/mol. The average Bonchev–Trinajstić information content (AvgIpc) is 2.37. The number of nitro benzene ring substituents is 1. The van der Waals surface area contributed by atoms with Crippen LogP contribution in [0.4, 0.5) is 14.9 Å². The lowest BCUT2D eigenvalue weighted by Crippen LogP contribution is -2.39. The second kappa shape index (κ2) is 7.03. The Labute approximate surface area is 131 Å². The summed E-state index contributed by atoms with van der Waals surface area (Å²) >= 11 is 0. The first-order valence-corrected chi connectivity index (χ1v) is 6.62. The van der Waals surface area contributed by atoms with E-state index in [1.54, 1.807) is 20.8 Å². The molecule has 0 fully saturated rings. The lowest BCUT2D eigenvalue weighted by atomic mass is 10.1. The molecule has 9 heteroatoms. The zero-order valence-electron chi connectivity index (χ0n) is 12.9. The number of halogens is 1. The van der Waals surface area contributed by atoms with Gasteiger partial charge in [-0.25, -0.2) is 9.18 Å². The molecule has 1 rings (SSSR count). The maximum atomic E-state index is 13.1. The second-order valence-electron chi connectivity index (χ2n) is 5.76. The van der Waals surface area contributed by atoms with Crippen molar-refractivity contribution in [2.75, 3.05) is 6.54 Å². The summed E-state index contributed by atoms with van der Waals surface area (Å²) < 4.78 is 18.2. The van der Waals surface area contributed by atoms with Gasteiger partial charge in [-0.15, -0.1) is 0 Å². The highest BCUT2D eigenvalue weighted by Crippen LogP contribution is 2.22. The van der Waals surface area contributed by atoms with Crippen molar-refractivity contribution in [2.45, 2.75) is 32.9 Å². The van der Waals surface area contributed by atoms with Gasteiger partial charge in [-0.05, 0) is 32.9 Å². The van der Waals surface area contributed by atoms with Gasteiger partial charge in [0.15, 0.2) is 0 Å². The van der Waals surface area contributed by atoms with Crippen LogP contribution in [0.2, 0.25) is 0 Å². The molecule has 0 aliphatic carbocycles. The number of carboxylic acid groups (broad SMARTS) is 1. The number of carbonyl (C=O) groups is 2. The van der Waals surface area contributed by atoms with Gasteiger partial charge >= 0.3 is 12.1 Å².